The molecule has 3 aromatic heterocycles. The maximum absolute atomic E-state index is 14.4. The summed E-state index contributed by atoms with van der Waals surface area (Å²) >= 11 is 0. The van der Waals surface area contributed by atoms with Crippen LogP contribution in [0.5, 0.6) is 0 Å². The van der Waals surface area contributed by atoms with Gasteiger partial charge in [0.25, 0.3) is 0 Å². The van der Waals surface area contributed by atoms with Crippen LogP contribution >= 0.6 is 0 Å². The first-order valence-corrected chi connectivity index (χ1v) is 10.4. The molecule has 0 saturated carbocycles. The van der Waals surface area contributed by atoms with Gasteiger partial charge in [0.05, 0.1) is 28.8 Å². The number of hydrogen-bond acceptors (Lipinski definition) is 4. The van der Waals surface area contributed by atoms with E-state index in [1.165, 1.54) is 6.07 Å². The Morgan fingerprint density at radius 2 is 1.85 bits per heavy atom. The molecule has 33 heavy (non-hydrogen) atoms. The highest BCUT2D eigenvalue weighted by Gasteiger charge is 2.18. The zero-order valence-corrected chi connectivity index (χ0v) is 18.0. The third-order valence-electron chi connectivity index (χ3n) is 5.78. The summed E-state index contributed by atoms with van der Waals surface area (Å²) in [4.78, 5) is 16.0. The quantitative estimate of drug-likeness (QED) is 0.369. The fraction of sp³-hybridized carbons (Fsp3) is 0.115. The van der Waals surface area contributed by atoms with Crippen LogP contribution < -0.4 is 0 Å². The zero-order valence-electron chi connectivity index (χ0n) is 18.0. The molecule has 5 aromatic rings. The van der Waals surface area contributed by atoms with Gasteiger partial charge in [0.1, 0.15) is 11.6 Å². The zero-order chi connectivity index (χ0) is 23.1. The molecule has 0 amide bonds. The standard InChI is InChI=1S/C26H20FN3O3/c1-15-24(16(2)33-29-15)20-11-23-25(28-12-20)21(17-7-9-18(10-8-17)26(31)32)14-30(23)13-19-5-3-4-6-22(19)27/h3-12,14H,13H2,1-2H3,(H,31,32). The normalized spacial score (nSPS) is 11.2. The Kier molecular flexibility index (Phi) is 5.01. The van der Waals surface area contributed by atoms with Crippen LogP contribution in [0.25, 0.3) is 33.3 Å². The van der Waals surface area contributed by atoms with Crippen molar-refractivity contribution >= 4 is 17.0 Å². The topological polar surface area (TPSA) is 81.2 Å². The van der Waals surface area contributed by atoms with Gasteiger partial charge in [-0.05, 0) is 43.7 Å². The van der Waals surface area contributed by atoms with Crippen LogP contribution in [0.2, 0.25) is 0 Å². The summed E-state index contributed by atoms with van der Waals surface area (Å²) in [5.41, 5.74) is 6.52. The Morgan fingerprint density at radius 1 is 1.09 bits per heavy atom. The van der Waals surface area contributed by atoms with E-state index in [9.17, 15) is 14.3 Å². The van der Waals surface area contributed by atoms with E-state index in [4.69, 9.17) is 9.51 Å². The van der Waals surface area contributed by atoms with Crippen molar-refractivity contribution in [3.05, 3.63) is 95.4 Å². The van der Waals surface area contributed by atoms with Crippen LogP contribution in [0.1, 0.15) is 27.4 Å². The Labute approximate surface area is 188 Å². The summed E-state index contributed by atoms with van der Waals surface area (Å²) in [7, 11) is 0. The lowest BCUT2D eigenvalue weighted by Crippen LogP contribution is -2.00. The minimum Gasteiger partial charge on any atom is -0.478 e. The van der Waals surface area contributed by atoms with Crippen molar-refractivity contribution in [2.75, 3.05) is 0 Å². The SMILES string of the molecule is Cc1noc(C)c1-c1cnc2c(-c3ccc(C(=O)O)cc3)cn(Cc3ccccc3F)c2c1. The summed E-state index contributed by atoms with van der Waals surface area (Å²) in [5, 5.41) is 13.3. The minimum absolute atomic E-state index is 0.211. The van der Waals surface area contributed by atoms with Crippen molar-refractivity contribution in [2.24, 2.45) is 0 Å². The van der Waals surface area contributed by atoms with E-state index in [0.717, 1.165) is 39.0 Å². The second kappa shape index (κ2) is 8.02. The fourth-order valence-electron chi connectivity index (χ4n) is 4.14. The molecule has 0 aliphatic heterocycles. The van der Waals surface area contributed by atoms with Gasteiger partial charge in [-0.2, -0.15) is 0 Å². The van der Waals surface area contributed by atoms with Gasteiger partial charge in [-0.25, -0.2) is 9.18 Å². The van der Waals surface area contributed by atoms with Gasteiger partial charge >= 0.3 is 5.97 Å². The van der Waals surface area contributed by atoms with Gasteiger partial charge in [0.2, 0.25) is 0 Å². The molecule has 3 heterocycles. The molecular formula is C26H20FN3O3. The molecule has 0 bridgehead atoms. The summed E-state index contributed by atoms with van der Waals surface area (Å²) in [6.45, 7) is 4.06. The van der Waals surface area contributed by atoms with Crippen molar-refractivity contribution in [2.45, 2.75) is 20.4 Å². The predicted octanol–water partition coefficient (Wildman–Crippen LogP) is 5.86. The van der Waals surface area contributed by atoms with E-state index < -0.39 is 5.97 Å². The van der Waals surface area contributed by atoms with Gasteiger partial charge in [-0.3, -0.25) is 4.98 Å². The summed E-state index contributed by atoms with van der Waals surface area (Å²) in [5.74, 6) is -0.558. The number of hydrogen-bond donors (Lipinski definition) is 1. The number of halogens is 1. The number of carbonyl (C=O) groups is 1. The summed E-state index contributed by atoms with van der Waals surface area (Å²) < 4.78 is 21.7. The number of aromatic carboxylic acids is 1. The maximum atomic E-state index is 14.4. The highest BCUT2D eigenvalue weighted by Crippen LogP contribution is 2.34. The second-order valence-corrected chi connectivity index (χ2v) is 7.94. The van der Waals surface area contributed by atoms with Crippen molar-refractivity contribution in [1.29, 1.82) is 0 Å². The van der Waals surface area contributed by atoms with E-state index in [1.54, 1.807) is 42.6 Å². The number of carboxylic acids is 1. The molecule has 2 aromatic carbocycles. The monoisotopic (exact) mass is 441 g/mol. The molecule has 6 nitrogen and oxygen atoms in total. The summed E-state index contributed by atoms with van der Waals surface area (Å²) in [6, 6.07) is 15.3. The number of fused-ring (bicyclic) bond motifs is 1. The lowest BCUT2D eigenvalue weighted by atomic mass is 10.0. The first-order chi connectivity index (χ1) is 15.9. The molecule has 0 aliphatic carbocycles. The van der Waals surface area contributed by atoms with E-state index in [0.29, 0.717) is 17.9 Å². The number of aryl methyl sites for hydroxylation is 2. The van der Waals surface area contributed by atoms with Gasteiger partial charge in [-0.1, -0.05) is 35.5 Å². The third kappa shape index (κ3) is 3.67. The van der Waals surface area contributed by atoms with Gasteiger partial charge in [-0.15, -0.1) is 0 Å². The Bertz CT molecular complexity index is 1480. The highest BCUT2D eigenvalue weighted by atomic mass is 19.1. The van der Waals surface area contributed by atoms with E-state index >= 15 is 0 Å². The molecule has 7 heteroatoms. The van der Waals surface area contributed by atoms with Crippen LogP contribution in [0.3, 0.4) is 0 Å². The Balaban J connectivity index is 1.69. The number of rotatable bonds is 5. The van der Waals surface area contributed by atoms with Crippen LogP contribution in [0, 0.1) is 19.7 Å². The smallest absolute Gasteiger partial charge is 0.335 e. The molecule has 5 rings (SSSR count). The van der Waals surface area contributed by atoms with Gasteiger partial charge < -0.3 is 14.2 Å². The Morgan fingerprint density at radius 3 is 2.52 bits per heavy atom. The van der Waals surface area contributed by atoms with E-state index in [1.807, 2.05) is 36.7 Å². The lowest BCUT2D eigenvalue weighted by Gasteiger charge is -2.08. The lowest BCUT2D eigenvalue weighted by molar-refractivity contribution is 0.0697. The molecular weight excluding hydrogens is 421 g/mol. The van der Waals surface area contributed by atoms with E-state index in [-0.39, 0.29) is 11.4 Å². The third-order valence-corrected chi connectivity index (χ3v) is 5.78. The minimum atomic E-state index is -0.981. The van der Waals surface area contributed by atoms with Crippen molar-refractivity contribution in [1.82, 2.24) is 14.7 Å². The number of benzene rings is 2. The van der Waals surface area contributed by atoms with Crippen molar-refractivity contribution in [3.63, 3.8) is 0 Å². The van der Waals surface area contributed by atoms with E-state index in [2.05, 4.69) is 5.16 Å². The van der Waals surface area contributed by atoms with Gasteiger partial charge in [0, 0.05) is 34.6 Å². The van der Waals surface area contributed by atoms with Crippen molar-refractivity contribution in [3.8, 4) is 22.3 Å². The highest BCUT2D eigenvalue weighted by molar-refractivity contribution is 5.96. The molecule has 0 unspecified atom stereocenters. The molecule has 0 saturated heterocycles. The largest absolute Gasteiger partial charge is 0.478 e. The molecule has 164 valence electrons. The maximum Gasteiger partial charge on any atom is 0.335 e. The first-order valence-electron chi connectivity index (χ1n) is 10.4. The second-order valence-electron chi connectivity index (χ2n) is 7.94. The van der Waals surface area contributed by atoms with Crippen LogP contribution in [0.4, 0.5) is 4.39 Å². The van der Waals surface area contributed by atoms with Crippen LogP contribution in [-0.4, -0.2) is 25.8 Å². The number of pyridine rings is 1. The number of nitrogens with zero attached hydrogens (tertiary/aromatic N) is 3. The first kappa shape index (κ1) is 20.6. The van der Waals surface area contributed by atoms with Crippen LogP contribution in [0.15, 0.2) is 71.5 Å². The average Bonchev–Trinajstić information content (AvgIpc) is 3.34. The van der Waals surface area contributed by atoms with Crippen molar-refractivity contribution < 1.29 is 18.8 Å². The molecule has 0 radical (unpaired) electrons. The molecule has 0 atom stereocenters. The summed E-state index contributed by atoms with van der Waals surface area (Å²) in [6.07, 6.45) is 3.70. The predicted molar refractivity (Wildman–Crippen MR) is 123 cm³/mol. The fourth-order valence-corrected chi connectivity index (χ4v) is 4.14. The molecule has 0 spiro atoms. The molecule has 0 aliphatic rings. The average molecular weight is 441 g/mol. The Hall–Kier alpha value is -4.26. The molecule has 1 N–H and O–H groups in total. The number of aromatic nitrogens is 3. The van der Waals surface area contributed by atoms with Gasteiger partial charge in [0.15, 0.2) is 0 Å². The molecule has 0 fully saturated rings. The van der Waals surface area contributed by atoms with Crippen LogP contribution in [-0.2, 0) is 6.54 Å². The number of carboxylic acid groups (broad SMARTS) is 1.